The number of nitrogens with zero attached hydrogens (tertiary/aromatic N) is 1. The van der Waals surface area contributed by atoms with Gasteiger partial charge in [-0.05, 0) is 18.6 Å². The Balaban J connectivity index is 2.64. The van der Waals surface area contributed by atoms with E-state index >= 15 is 0 Å². The van der Waals surface area contributed by atoms with Crippen LogP contribution in [0.15, 0.2) is 35.9 Å². The van der Waals surface area contributed by atoms with Crippen LogP contribution in [-0.4, -0.2) is 23.2 Å². The second-order valence-electron chi connectivity index (χ2n) is 3.28. The largest absolute Gasteiger partial charge is 0.489 e. The maximum atomic E-state index is 10.5. The minimum Gasteiger partial charge on any atom is -0.489 e. The van der Waals surface area contributed by atoms with Crippen LogP contribution < -0.4 is 4.74 Å². The summed E-state index contributed by atoms with van der Waals surface area (Å²) in [6.45, 7) is 2.08. The van der Waals surface area contributed by atoms with Gasteiger partial charge >= 0.3 is 0 Å². The summed E-state index contributed by atoms with van der Waals surface area (Å²) in [4.78, 5) is 10.0. The predicted molar refractivity (Wildman–Crippen MR) is 59.4 cm³/mol. The Labute approximate surface area is 93.1 Å². The molecule has 0 saturated heterocycles. The van der Waals surface area contributed by atoms with E-state index in [1.165, 1.54) is 12.1 Å². The van der Waals surface area contributed by atoms with E-state index in [2.05, 4.69) is 0 Å². The lowest BCUT2D eigenvalue weighted by Crippen LogP contribution is -2.00. The quantitative estimate of drug-likeness (QED) is 0.470. The van der Waals surface area contributed by atoms with Gasteiger partial charge in [-0.1, -0.05) is 12.1 Å². The van der Waals surface area contributed by atoms with Crippen LogP contribution >= 0.6 is 0 Å². The van der Waals surface area contributed by atoms with Crippen LogP contribution in [0, 0.1) is 10.1 Å². The number of aliphatic hydroxyl groups is 1. The maximum Gasteiger partial charge on any atom is 0.273 e. The number of hydrogen-bond donors (Lipinski definition) is 1. The monoisotopic (exact) mass is 223 g/mol. The molecule has 1 aromatic carbocycles. The molecular formula is C11H13NO4. The molecule has 0 amide bonds. The highest BCUT2D eigenvalue weighted by Crippen LogP contribution is 2.19. The number of nitro groups is 1. The Morgan fingerprint density at radius 2 is 2.38 bits per heavy atom. The molecule has 0 fully saturated rings. The Kier molecular flexibility index (Phi) is 4.47. The SMILES string of the molecule is CC(=CCO)COc1cccc([N+](=O)[O-])c1. The smallest absolute Gasteiger partial charge is 0.273 e. The molecule has 0 heterocycles. The first-order chi connectivity index (χ1) is 7.63. The highest BCUT2D eigenvalue weighted by atomic mass is 16.6. The third kappa shape index (κ3) is 3.70. The van der Waals surface area contributed by atoms with Gasteiger partial charge in [0.2, 0.25) is 0 Å². The lowest BCUT2D eigenvalue weighted by atomic mass is 10.3. The maximum absolute atomic E-state index is 10.5. The number of benzene rings is 1. The Morgan fingerprint density at radius 1 is 1.62 bits per heavy atom. The standard InChI is InChI=1S/C11H13NO4/c1-9(5-6-13)8-16-11-4-2-3-10(7-11)12(14)15/h2-5,7,13H,6,8H2,1H3. The van der Waals surface area contributed by atoms with Crippen molar-refractivity contribution in [1.82, 2.24) is 0 Å². The van der Waals surface area contributed by atoms with E-state index in [0.29, 0.717) is 12.4 Å². The summed E-state index contributed by atoms with van der Waals surface area (Å²) < 4.78 is 5.33. The molecule has 0 aliphatic rings. The lowest BCUT2D eigenvalue weighted by Gasteiger charge is -2.05. The van der Waals surface area contributed by atoms with Crippen molar-refractivity contribution in [2.75, 3.05) is 13.2 Å². The van der Waals surface area contributed by atoms with Crippen LogP contribution in [0.5, 0.6) is 5.75 Å². The van der Waals surface area contributed by atoms with Gasteiger partial charge in [-0.25, -0.2) is 0 Å². The molecule has 0 atom stereocenters. The molecular weight excluding hydrogens is 210 g/mol. The first kappa shape index (κ1) is 12.2. The highest BCUT2D eigenvalue weighted by Gasteiger charge is 2.05. The van der Waals surface area contributed by atoms with E-state index in [9.17, 15) is 10.1 Å². The average Bonchev–Trinajstić information content (AvgIpc) is 2.27. The van der Waals surface area contributed by atoms with E-state index < -0.39 is 4.92 Å². The number of non-ortho nitro benzene ring substituents is 1. The molecule has 0 radical (unpaired) electrons. The number of rotatable bonds is 5. The minimum atomic E-state index is -0.469. The summed E-state index contributed by atoms with van der Waals surface area (Å²) in [5.74, 6) is 0.444. The summed E-state index contributed by atoms with van der Waals surface area (Å²) in [5, 5.41) is 19.1. The van der Waals surface area contributed by atoms with Gasteiger partial charge in [-0.3, -0.25) is 10.1 Å². The van der Waals surface area contributed by atoms with E-state index in [1.807, 2.05) is 6.92 Å². The van der Waals surface area contributed by atoms with Crippen LogP contribution in [0.4, 0.5) is 5.69 Å². The van der Waals surface area contributed by atoms with Gasteiger partial charge in [0, 0.05) is 6.07 Å². The van der Waals surface area contributed by atoms with Crippen molar-refractivity contribution < 1.29 is 14.8 Å². The Morgan fingerprint density at radius 3 is 3.00 bits per heavy atom. The summed E-state index contributed by atoms with van der Waals surface area (Å²) in [6.07, 6.45) is 1.62. The normalized spacial score (nSPS) is 11.2. The molecule has 0 unspecified atom stereocenters. The molecule has 0 aliphatic carbocycles. The van der Waals surface area contributed by atoms with Crippen molar-refractivity contribution in [2.24, 2.45) is 0 Å². The molecule has 0 saturated carbocycles. The molecule has 5 nitrogen and oxygen atoms in total. The fraction of sp³-hybridized carbons (Fsp3) is 0.273. The molecule has 1 rings (SSSR count). The van der Waals surface area contributed by atoms with Gasteiger partial charge in [-0.15, -0.1) is 0 Å². The fourth-order valence-electron chi connectivity index (χ4n) is 1.10. The molecule has 16 heavy (non-hydrogen) atoms. The van der Waals surface area contributed by atoms with Gasteiger partial charge in [0.15, 0.2) is 0 Å². The molecule has 5 heteroatoms. The van der Waals surface area contributed by atoms with Crippen LogP contribution in [0.2, 0.25) is 0 Å². The van der Waals surface area contributed by atoms with E-state index in [-0.39, 0.29) is 12.3 Å². The summed E-state index contributed by atoms with van der Waals surface area (Å²) in [5.41, 5.74) is 0.871. The third-order valence-electron chi connectivity index (χ3n) is 1.93. The second-order valence-corrected chi connectivity index (χ2v) is 3.28. The molecule has 1 N–H and O–H groups in total. The van der Waals surface area contributed by atoms with Gasteiger partial charge in [-0.2, -0.15) is 0 Å². The zero-order chi connectivity index (χ0) is 12.0. The van der Waals surface area contributed by atoms with Crippen LogP contribution in [0.25, 0.3) is 0 Å². The lowest BCUT2D eigenvalue weighted by molar-refractivity contribution is -0.384. The second kappa shape index (κ2) is 5.87. The van der Waals surface area contributed by atoms with Crippen molar-refractivity contribution >= 4 is 5.69 Å². The van der Waals surface area contributed by atoms with Gasteiger partial charge in [0.25, 0.3) is 5.69 Å². The van der Waals surface area contributed by atoms with E-state index in [4.69, 9.17) is 9.84 Å². The minimum absolute atomic E-state index is 0.00120. The van der Waals surface area contributed by atoms with Crippen LogP contribution in [0.1, 0.15) is 6.92 Å². The van der Waals surface area contributed by atoms with Gasteiger partial charge in [0.05, 0.1) is 17.6 Å². The molecule has 86 valence electrons. The summed E-state index contributed by atoms with van der Waals surface area (Å²) in [7, 11) is 0. The first-order valence-electron chi connectivity index (χ1n) is 4.77. The van der Waals surface area contributed by atoms with Crippen LogP contribution in [-0.2, 0) is 0 Å². The molecule has 0 spiro atoms. The van der Waals surface area contributed by atoms with Gasteiger partial charge in [0.1, 0.15) is 12.4 Å². The number of hydrogen-bond acceptors (Lipinski definition) is 4. The van der Waals surface area contributed by atoms with Crippen molar-refractivity contribution in [3.8, 4) is 5.75 Å². The topological polar surface area (TPSA) is 72.6 Å². The first-order valence-corrected chi connectivity index (χ1v) is 4.77. The average molecular weight is 223 g/mol. The number of nitro benzene ring substituents is 1. The molecule has 0 bridgehead atoms. The molecule has 0 aliphatic heterocycles. The van der Waals surface area contributed by atoms with E-state index in [0.717, 1.165) is 5.57 Å². The Bertz CT molecular complexity index is 401. The van der Waals surface area contributed by atoms with Crippen molar-refractivity contribution in [3.05, 3.63) is 46.0 Å². The third-order valence-corrected chi connectivity index (χ3v) is 1.93. The molecule has 0 aromatic heterocycles. The Hall–Kier alpha value is -1.88. The van der Waals surface area contributed by atoms with Crippen molar-refractivity contribution in [3.63, 3.8) is 0 Å². The fourth-order valence-corrected chi connectivity index (χ4v) is 1.10. The zero-order valence-corrected chi connectivity index (χ0v) is 8.92. The predicted octanol–water partition coefficient (Wildman–Crippen LogP) is 1.91. The van der Waals surface area contributed by atoms with Gasteiger partial charge < -0.3 is 9.84 Å². The summed E-state index contributed by atoms with van der Waals surface area (Å²) >= 11 is 0. The number of aliphatic hydroxyl groups excluding tert-OH is 1. The van der Waals surface area contributed by atoms with Crippen molar-refractivity contribution in [2.45, 2.75) is 6.92 Å². The number of ether oxygens (including phenoxy) is 1. The molecule has 1 aromatic rings. The van der Waals surface area contributed by atoms with Crippen LogP contribution in [0.3, 0.4) is 0 Å². The summed E-state index contributed by atoms with van der Waals surface area (Å²) in [6, 6.07) is 5.99. The highest BCUT2D eigenvalue weighted by molar-refractivity contribution is 5.38. The van der Waals surface area contributed by atoms with E-state index in [1.54, 1.807) is 18.2 Å². The zero-order valence-electron chi connectivity index (χ0n) is 8.92. The van der Waals surface area contributed by atoms with Crippen molar-refractivity contribution in [1.29, 1.82) is 0 Å².